The van der Waals surface area contributed by atoms with Crippen LogP contribution in [0.2, 0.25) is 0 Å². The molecule has 0 bridgehead atoms. The Morgan fingerprint density at radius 2 is 1.35 bits per heavy atom. The minimum absolute atomic E-state index is 0.0933. The van der Waals surface area contributed by atoms with Gasteiger partial charge in [0, 0.05) is 29.9 Å². The molecular weight excluding hydrogens is 686 g/mol. The van der Waals surface area contributed by atoms with E-state index in [2.05, 4.69) is 55.6 Å². The van der Waals surface area contributed by atoms with Crippen LogP contribution in [0.3, 0.4) is 0 Å². The van der Waals surface area contributed by atoms with Crippen LogP contribution >= 0.6 is 0 Å². The van der Waals surface area contributed by atoms with Crippen molar-refractivity contribution in [2.75, 3.05) is 27.3 Å². The summed E-state index contributed by atoms with van der Waals surface area (Å²) >= 11 is 0. The van der Waals surface area contributed by atoms with E-state index in [1.54, 1.807) is 11.1 Å². The number of likely N-dealkylation sites (tertiary alicyclic amines) is 2. The zero-order valence-electron chi connectivity index (χ0n) is 31.7. The van der Waals surface area contributed by atoms with Gasteiger partial charge < -0.3 is 39.9 Å². The van der Waals surface area contributed by atoms with Gasteiger partial charge in [0.15, 0.2) is 0 Å². The Morgan fingerprint density at radius 1 is 0.759 bits per heavy atom. The molecule has 0 spiro atoms. The highest BCUT2D eigenvalue weighted by atomic mass is 16.5. The number of benzene rings is 2. The Labute approximate surface area is 315 Å². The smallest absolute Gasteiger partial charge is 0.407 e. The first-order valence-electron chi connectivity index (χ1n) is 18.6. The largest absolute Gasteiger partial charge is 0.453 e. The lowest BCUT2D eigenvalue weighted by molar-refractivity contribution is -0.136. The van der Waals surface area contributed by atoms with Crippen LogP contribution < -0.4 is 10.6 Å². The lowest BCUT2D eigenvalue weighted by Gasteiger charge is -2.30. The van der Waals surface area contributed by atoms with Crippen molar-refractivity contribution in [3.8, 4) is 23.1 Å². The van der Waals surface area contributed by atoms with Crippen LogP contribution in [0.5, 0.6) is 0 Å². The molecule has 0 unspecified atom stereocenters. The Morgan fingerprint density at radius 3 is 1.98 bits per heavy atom. The first kappa shape index (κ1) is 38.0. The van der Waals surface area contributed by atoms with Crippen molar-refractivity contribution in [2.45, 2.75) is 77.5 Å². The van der Waals surface area contributed by atoms with Crippen molar-refractivity contribution in [1.82, 2.24) is 35.4 Å². The summed E-state index contributed by atoms with van der Waals surface area (Å²) in [5.74, 6) is 6.77. The predicted molar refractivity (Wildman–Crippen MR) is 204 cm³/mol. The van der Waals surface area contributed by atoms with Crippen LogP contribution in [-0.4, -0.2) is 88.1 Å². The average Bonchev–Trinajstić information content (AvgIpc) is 4.00. The monoisotopic (exact) mass is 735 g/mol. The second kappa shape index (κ2) is 16.5. The average molecular weight is 736 g/mol. The number of carbonyl (C=O) groups excluding carboxylic acids is 4. The van der Waals surface area contributed by atoms with Gasteiger partial charge in [-0.05, 0) is 84.5 Å². The second-order valence-corrected chi connectivity index (χ2v) is 14.6. The van der Waals surface area contributed by atoms with Gasteiger partial charge in [-0.2, -0.15) is 0 Å². The highest BCUT2D eigenvalue weighted by molar-refractivity contribution is 5.89. The summed E-state index contributed by atoms with van der Waals surface area (Å²) in [6.07, 6.45) is 3.88. The first-order valence-corrected chi connectivity index (χ1v) is 18.6. The molecule has 13 heteroatoms. The molecule has 2 saturated heterocycles. The summed E-state index contributed by atoms with van der Waals surface area (Å²) in [4.78, 5) is 66.1. The number of fused-ring (bicyclic) bond motifs is 1. The van der Waals surface area contributed by atoms with E-state index in [-0.39, 0.29) is 35.7 Å². The van der Waals surface area contributed by atoms with Crippen LogP contribution in [0.1, 0.15) is 88.2 Å². The van der Waals surface area contributed by atoms with Crippen LogP contribution in [0, 0.1) is 23.7 Å². The molecule has 4 atom stereocenters. The number of imidazole rings is 1. The van der Waals surface area contributed by atoms with E-state index in [4.69, 9.17) is 9.47 Å². The molecule has 0 radical (unpaired) electrons. The Kier molecular flexibility index (Phi) is 11.6. The van der Waals surface area contributed by atoms with Crippen LogP contribution in [0.25, 0.3) is 22.0 Å². The maximum Gasteiger partial charge on any atom is 0.407 e. The van der Waals surface area contributed by atoms with E-state index in [1.165, 1.54) is 14.2 Å². The van der Waals surface area contributed by atoms with Crippen LogP contribution in [-0.2, 0) is 19.1 Å². The van der Waals surface area contributed by atoms with Crippen LogP contribution in [0.15, 0.2) is 54.7 Å². The maximum atomic E-state index is 13.5. The Bertz CT molecular complexity index is 2070. The van der Waals surface area contributed by atoms with Gasteiger partial charge >= 0.3 is 12.2 Å². The number of nitrogens with zero attached hydrogens (tertiary/aromatic N) is 3. The summed E-state index contributed by atoms with van der Waals surface area (Å²) in [5, 5.41) is 7.48. The molecule has 2 aliphatic rings. The minimum Gasteiger partial charge on any atom is -0.453 e. The number of aromatic nitrogens is 3. The van der Waals surface area contributed by atoms with Gasteiger partial charge in [-0.25, -0.2) is 14.6 Å². The first-order chi connectivity index (χ1) is 26.0. The summed E-state index contributed by atoms with van der Waals surface area (Å²) in [6.45, 7) is 8.81. The fourth-order valence-electron chi connectivity index (χ4n) is 7.39. The lowest BCUT2D eigenvalue weighted by Crippen LogP contribution is -2.51. The standard InChI is InChI=1S/C41H49N7O6/c1-24(2)35(45-40(51)53-5)38(49)47-19-7-9-33(47)31-18-17-30(43-31)16-12-26-11-13-28-22-29(15-14-27(28)21-26)32-23-42-37(44-32)34-10-8-20-48(34)39(50)36(25(3)4)46-41(52)54-6/h11,13-15,17-18,21-25,33-36,43H,7-10,19-20H2,1-6H3,(H,42,44)(H,45,51)(H,46,52)/t33-,34-,35-,36-/m0/s1. The molecule has 4 heterocycles. The minimum atomic E-state index is -0.690. The molecule has 2 fully saturated rings. The zero-order valence-corrected chi connectivity index (χ0v) is 31.7. The van der Waals surface area contributed by atoms with Crippen molar-refractivity contribution in [3.63, 3.8) is 0 Å². The topological polar surface area (TPSA) is 162 Å². The summed E-state index contributed by atoms with van der Waals surface area (Å²) in [6, 6.07) is 14.5. The van der Waals surface area contributed by atoms with Crippen molar-refractivity contribution in [2.24, 2.45) is 11.8 Å². The predicted octanol–water partition coefficient (Wildman–Crippen LogP) is 6.05. The van der Waals surface area contributed by atoms with E-state index in [1.807, 2.05) is 62.9 Å². The summed E-state index contributed by atoms with van der Waals surface area (Å²) in [5.41, 5.74) is 4.37. The summed E-state index contributed by atoms with van der Waals surface area (Å²) in [7, 11) is 2.58. The van der Waals surface area contributed by atoms with Gasteiger partial charge in [-0.1, -0.05) is 51.8 Å². The van der Waals surface area contributed by atoms with Crippen molar-refractivity contribution < 1.29 is 28.7 Å². The molecule has 284 valence electrons. The number of aromatic amines is 2. The molecule has 2 aromatic heterocycles. The highest BCUT2D eigenvalue weighted by Crippen LogP contribution is 2.34. The number of methoxy groups -OCH3 is 2. The normalized spacial score (nSPS) is 18.0. The van der Waals surface area contributed by atoms with E-state index in [0.29, 0.717) is 13.1 Å². The molecule has 0 aliphatic carbocycles. The highest BCUT2D eigenvalue weighted by Gasteiger charge is 2.38. The van der Waals surface area contributed by atoms with Crippen LogP contribution in [0.4, 0.5) is 9.59 Å². The lowest BCUT2D eigenvalue weighted by atomic mass is 10.0. The number of hydrogen-bond donors (Lipinski definition) is 4. The van der Waals surface area contributed by atoms with Gasteiger partial charge in [0.2, 0.25) is 11.8 Å². The van der Waals surface area contributed by atoms with Gasteiger partial charge in [-0.3, -0.25) is 9.59 Å². The molecule has 6 rings (SSSR count). The SMILES string of the molecule is COC(=O)N[C@H](C(=O)N1CCC[C@H]1c1ccc(C#Cc2ccc3cc(-c4cnc([C@@H]5CCCN5C(=O)[C@@H](NC(=O)OC)C(C)C)[nH]4)ccc3c2)[nH]1)C(C)C. The number of nitrogens with one attached hydrogen (secondary N) is 4. The fraction of sp³-hybridized carbons (Fsp3) is 0.439. The van der Waals surface area contributed by atoms with Crippen molar-refractivity contribution in [3.05, 3.63) is 77.5 Å². The van der Waals surface area contributed by atoms with Gasteiger partial charge in [0.05, 0.1) is 43.9 Å². The van der Waals surface area contributed by atoms with Gasteiger partial charge in [0.25, 0.3) is 0 Å². The number of hydrogen-bond acceptors (Lipinski definition) is 7. The van der Waals surface area contributed by atoms with Crippen molar-refractivity contribution in [1.29, 1.82) is 0 Å². The third-order valence-electron chi connectivity index (χ3n) is 10.3. The second-order valence-electron chi connectivity index (χ2n) is 14.6. The molecule has 2 aromatic carbocycles. The number of ether oxygens (including phenoxy) is 2. The number of H-pyrrole nitrogens is 2. The van der Waals surface area contributed by atoms with Crippen molar-refractivity contribution >= 4 is 34.8 Å². The molecule has 4 amide bonds. The quantitative estimate of drug-likeness (QED) is 0.152. The molecule has 0 saturated carbocycles. The molecule has 13 nitrogen and oxygen atoms in total. The van der Waals surface area contributed by atoms with Gasteiger partial charge in [0.1, 0.15) is 17.9 Å². The number of alkyl carbamates (subject to hydrolysis) is 2. The zero-order chi connectivity index (χ0) is 38.5. The fourth-order valence-corrected chi connectivity index (χ4v) is 7.39. The third kappa shape index (κ3) is 8.23. The van der Waals surface area contributed by atoms with E-state index < -0.39 is 24.3 Å². The van der Waals surface area contributed by atoms with E-state index >= 15 is 0 Å². The number of amides is 4. The number of carbonyl (C=O) groups is 4. The molecule has 4 N–H and O–H groups in total. The number of rotatable bonds is 9. The molecular formula is C41H49N7O6. The third-order valence-corrected chi connectivity index (χ3v) is 10.3. The van der Waals surface area contributed by atoms with Gasteiger partial charge in [-0.15, -0.1) is 0 Å². The molecule has 4 aromatic rings. The van der Waals surface area contributed by atoms with E-state index in [9.17, 15) is 19.2 Å². The summed E-state index contributed by atoms with van der Waals surface area (Å²) < 4.78 is 9.50. The molecule has 54 heavy (non-hydrogen) atoms. The Hall–Kier alpha value is -5.77. The Balaban J connectivity index is 1.13. The maximum absolute atomic E-state index is 13.5. The molecule has 2 aliphatic heterocycles. The van der Waals surface area contributed by atoms with E-state index in [0.717, 1.165) is 70.5 Å².